The molecule has 3 rings (SSSR count). The second kappa shape index (κ2) is 9.76. The number of nitrogen functional groups attached to an aromatic ring is 1. The minimum Gasteiger partial charge on any atom is -0.507 e. The van der Waals surface area contributed by atoms with Crippen molar-refractivity contribution in [3.05, 3.63) is 59.9 Å². The van der Waals surface area contributed by atoms with Crippen LogP contribution in [-0.4, -0.2) is 38.3 Å². The molecule has 0 radical (unpaired) electrons. The summed E-state index contributed by atoms with van der Waals surface area (Å²) in [5, 5.41) is 40.7. The molecule has 0 aliphatic heterocycles. The molecule has 1 aromatic heterocycles. The number of nitrogens with one attached hydrogen (secondary N) is 1. The van der Waals surface area contributed by atoms with Crippen LogP contribution in [0.4, 0.5) is 15.9 Å². The van der Waals surface area contributed by atoms with Crippen LogP contribution >= 0.6 is 0 Å². The van der Waals surface area contributed by atoms with Crippen LogP contribution in [0.25, 0.3) is 22.4 Å². The number of phenolic OH excluding ortho intramolecular Hbond substituents is 1. The Morgan fingerprint density at radius 2 is 1.94 bits per heavy atom. The minimum atomic E-state index is -1.52. The molecule has 1 heterocycles. The number of aliphatic carboxylic acids is 1. The molecule has 0 spiro atoms. The Hall–Kier alpha value is -4.49. The molecule has 3 aromatic rings. The molecule has 0 aliphatic rings. The van der Waals surface area contributed by atoms with E-state index in [2.05, 4.69) is 10.3 Å². The first-order valence-corrected chi connectivity index (χ1v) is 9.70. The number of aliphatic hydroxyl groups is 1. The number of aliphatic hydroxyl groups excluding tert-OH is 1. The molecule has 0 saturated heterocycles. The van der Waals surface area contributed by atoms with Gasteiger partial charge in [0, 0.05) is 23.2 Å². The molecule has 1 atom stereocenters. The van der Waals surface area contributed by atoms with Crippen LogP contribution in [0.1, 0.15) is 18.4 Å². The Bertz CT molecular complexity index is 1270. The number of nitrogens with zero attached hydrogens (tertiary/aromatic N) is 2. The average molecular weight is 450 g/mol. The summed E-state index contributed by atoms with van der Waals surface area (Å²) in [6, 6.07) is 13.1. The highest BCUT2D eigenvalue weighted by Gasteiger charge is 2.18. The topological polar surface area (TPSA) is 170 Å². The molecule has 2 aromatic carbocycles. The second-order valence-corrected chi connectivity index (χ2v) is 7.11. The van der Waals surface area contributed by atoms with E-state index in [4.69, 9.17) is 10.8 Å². The Balaban J connectivity index is 1.98. The van der Waals surface area contributed by atoms with E-state index in [0.717, 1.165) is 12.1 Å². The maximum absolute atomic E-state index is 13.7. The van der Waals surface area contributed by atoms with Crippen LogP contribution in [0.2, 0.25) is 0 Å². The fourth-order valence-electron chi connectivity index (χ4n) is 3.14. The van der Waals surface area contributed by atoms with E-state index >= 15 is 0 Å². The van der Waals surface area contributed by atoms with Crippen LogP contribution in [0.5, 0.6) is 5.75 Å². The standard InChI is InChI=1S/C23H19FN4O5/c24-13-4-5-19(29)16(9-13)18-10-15(17(11-25)22(26)28-18)12-2-1-3-14(8-12)27-23(33)20(30)6-7-21(31)32/h1-5,8-10,20,29-30H,6-7H2,(H2,26,28)(H,27,33)(H,31,32). The number of carbonyl (C=O) groups is 2. The molecule has 1 unspecified atom stereocenters. The number of anilines is 2. The number of hydrogen-bond acceptors (Lipinski definition) is 7. The summed E-state index contributed by atoms with van der Waals surface area (Å²) < 4.78 is 13.7. The highest BCUT2D eigenvalue weighted by atomic mass is 19.1. The average Bonchev–Trinajstić information content (AvgIpc) is 2.78. The molecule has 168 valence electrons. The van der Waals surface area contributed by atoms with Crippen LogP contribution < -0.4 is 11.1 Å². The first-order valence-electron chi connectivity index (χ1n) is 9.70. The van der Waals surface area contributed by atoms with Gasteiger partial charge in [-0.2, -0.15) is 5.26 Å². The van der Waals surface area contributed by atoms with Gasteiger partial charge in [-0.3, -0.25) is 9.59 Å². The van der Waals surface area contributed by atoms with E-state index in [1.54, 1.807) is 18.2 Å². The number of phenols is 1. The van der Waals surface area contributed by atoms with E-state index in [1.807, 2.05) is 6.07 Å². The van der Waals surface area contributed by atoms with Gasteiger partial charge in [0.25, 0.3) is 5.91 Å². The van der Waals surface area contributed by atoms with Gasteiger partial charge in [-0.25, -0.2) is 9.37 Å². The fourth-order valence-corrected chi connectivity index (χ4v) is 3.14. The second-order valence-electron chi connectivity index (χ2n) is 7.11. The molecule has 1 amide bonds. The SMILES string of the molecule is N#Cc1c(-c2cccc(NC(=O)C(O)CCC(=O)O)c2)cc(-c2cc(F)ccc2O)nc1N. The van der Waals surface area contributed by atoms with Gasteiger partial charge in [-0.05, 0) is 48.4 Å². The molecular weight excluding hydrogens is 431 g/mol. The number of benzene rings is 2. The lowest BCUT2D eigenvalue weighted by Gasteiger charge is -2.14. The monoisotopic (exact) mass is 450 g/mol. The van der Waals surface area contributed by atoms with Crippen molar-refractivity contribution in [2.75, 3.05) is 11.1 Å². The zero-order chi connectivity index (χ0) is 24.1. The van der Waals surface area contributed by atoms with E-state index in [1.165, 1.54) is 18.2 Å². The molecule has 6 N–H and O–H groups in total. The molecule has 0 bridgehead atoms. The van der Waals surface area contributed by atoms with Gasteiger partial charge >= 0.3 is 5.97 Å². The van der Waals surface area contributed by atoms with Crippen molar-refractivity contribution in [1.82, 2.24) is 4.98 Å². The Morgan fingerprint density at radius 1 is 1.18 bits per heavy atom. The third-order valence-electron chi connectivity index (χ3n) is 4.77. The van der Waals surface area contributed by atoms with Crippen molar-refractivity contribution in [2.45, 2.75) is 18.9 Å². The van der Waals surface area contributed by atoms with E-state index in [0.29, 0.717) is 11.1 Å². The maximum atomic E-state index is 13.7. The summed E-state index contributed by atoms with van der Waals surface area (Å²) >= 11 is 0. The summed E-state index contributed by atoms with van der Waals surface area (Å²) in [7, 11) is 0. The lowest BCUT2D eigenvalue weighted by atomic mass is 9.97. The van der Waals surface area contributed by atoms with Gasteiger partial charge in [0.05, 0.1) is 5.69 Å². The summed E-state index contributed by atoms with van der Waals surface area (Å²) in [6.07, 6.45) is -2.13. The third kappa shape index (κ3) is 5.41. The van der Waals surface area contributed by atoms with Gasteiger partial charge in [0.2, 0.25) is 0 Å². The first-order chi connectivity index (χ1) is 15.7. The van der Waals surface area contributed by atoms with Gasteiger partial charge < -0.3 is 26.4 Å². The third-order valence-corrected chi connectivity index (χ3v) is 4.77. The Morgan fingerprint density at radius 3 is 2.64 bits per heavy atom. The van der Waals surface area contributed by atoms with Gasteiger partial charge in [0.15, 0.2) is 0 Å². The maximum Gasteiger partial charge on any atom is 0.303 e. The van der Waals surface area contributed by atoms with E-state index in [9.17, 15) is 29.5 Å². The number of carboxylic acid groups (broad SMARTS) is 1. The number of carboxylic acids is 1. The number of nitriles is 1. The van der Waals surface area contributed by atoms with E-state index < -0.39 is 23.8 Å². The van der Waals surface area contributed by atoms with Crippen molar-refractivity contribution in [1.29, 1.82) is 5.26 Å². The van der Waals surface area contributed by atoms with Crippen molar-refractivity contribution >= 4 is 23.4 Å². The highest BCUT2D eigenvalue weighted by molar-refractivity contribution is 5.95. The minimum absolute atomic E-state index is 0.0413. The lowest BCUT2D eigenvalue weighted by Crippen LogP contribution is -2.28. The summed E-state index contributed by atoms with van der Waals surface area (Å²) in [5.41, 5.74) is 7.27. The number of halogens is 1. The number of aromatic hydroxyl groups is 1. The summed E-state index contributed by atoms with van der Waals surface area (Å²) in [6.45, 7) is 0. The van der Waals surface area contributed by atoms with Crippen LogP contribution in [0.3, 0.4) is 0 Å². The fraction of sp³-hybridized carbons (Fsp3) is 0.130. The van der Waals surface area contributed by atoms with Gasteiger partial charge in [-0.15, -0.1) is 0 Å². The molecular formula is C23H19FN4O5. The number of aromatic nitrogens is 1. The molecule has 0 fully saturated rings. The van der Waals surface area contributed by atoms with Crippen molar-refractivity contribution in [3.8, 4) is 34.2 Å². The normalized spacial score (nSPS) is 11.4. The van der Waals surface area contributed by atoms with Crippen LogP contribution in [0, 0.1) is 17.1 Å². The van der Waals surface area contributed by atoms with Crippen molar-refractivity contribution < 1.29 is 29.3 Å². The number of nitrogens with two attached hydrogens (primary N) is 1. The predicted octanol–water partition coefficient (Wildman–Crippen LogP) is 2.88. The molecule has 0 aliphatic carbocycles. The number of carbonyl (C=O) groups excluding carboxylic acids is 1. The summed E-state index contributed by atoms with van der Waals surface area (Å²) in [5.74, 6) is -2.88. The van der Waals surface area contributed by atoms with Crippen LogP contribution in [0.15, 0.2) is 48.5 Å². The predicted molar refractivity (Wildman–Crippen MR) is 117 cm³/mol. The zero-order valence-corrected chi connectivity index (χ0v) is 17.1. The summed E-state index contributed by atoms with van der Waals surface area (Å²) in [4.78, 5) is 26.9. The Labute approximate surface area is 187 Å². The molecule has 10 heteroatoms. The quantitative estimate of drug-likeness (QED) is 0.366. The smallest absolute Gasteiger partial charge is 0.303 e. The molecule has 0 saturated carbocycles. The first kappa shape index (κ1) is 23.2. The largest absolute Gasteiger partial charge is 0.507 e. The molecule has 9 nitrogen and oxygen atoms in total. The number of amides is 1. The lowest BCUT2D eigenvalue weighted by molar-refractivity contribution is -0.138. The van der Waals surface area contributed by atoms with Gasteiger partial charge in [-0.1, -0.05) is 12.1 Å². The van der Waals surface area contributed by atoms with Crippen LogP contribution in [-0.2, 0) is 9.59 Å². The number of rotatable bonds is 7. The van der Waals surface area contributed by atoms with Crippen molar-refractivity contribution in [2.24, 2.45) is 0 Å². The van der Waals surface area contributed by atoms with Gasteiger partial charge in [0.1, 0.15) is 35.1 Å². The Kier molecular flexibility index (Phi) is 6.85. The zero-order valence-electron chi connectivity index (χ0n) is 17.1. The highest BCUT2D eigenvalue weighted by Crippen LogP contribution is 2.35. The van der Waals surface area contributed by atoms with E-state index in [-0.39, 0.29) is 46.9 Å². The number of hydrogen-bond donors (Lipinski definition) is 5. The molecule has 33 heavy (non-hydrogen) atoms. The van der Waals surface area contributed by atoms with Crippen molar-refractivity contribution in [3.63, 3.8) is 0 Å². The number of pyridine rings is 1.